The monoisotopic (exact) mass is 300 g/mol. The first-order valence-electron chi connectivity index (χ1n) is 7.34. The zero-order chi connectivity index (χ0) is 16.6. The summed E-state index contributed by atoms with van der Waals surface area (Å²) in [7, 11) is 0. The average molecular weight is 300 g/mol. The predicted octanol–water partition coefficient (Wildman–Crippen LogP) is 0.634. The Balaban J connectivity index is 2.98. The average Bonchev–Trinajstić information content (AvgIpc) is 2.62. The molecule has 6 heteroatoms. The lowest BCUT2D eigenvalue weighted by atomic mass is 9.97. The Kier molecular flexibility index (Phi) is 4.75. The standard InChI is InChI=1S/C15H28N2O4/c1-14(2,3)12(18)21-9-11-7-10(16)8-17(11,13(19)20)15(4,5)6/h10-11H,7-9,16H2,1-6H3/t10-,11-,17?/m1/s1. The predicted molar refractivity (Wildman–Crippen MR) is 77.1 cm³/mol. The maximum Gasteiger partial charge on any atom is 0.311 e. The summed E-state index contributed by atoms with van der Waals surface area (Å²) in [6.07, 6.45) is -0.657. The van der Waals surface area contributed by atoms with Gasteiger partial charge in [0.05, 0.1) is 17.0 Å². The molecule has 3 atom stereocenters. The van der Waals surface area contributed by atoms with Crippen molar-refractivity contribution in [2.75, 3.05) is 13.2 Å². The van der Waals surface area contributed by atoms with Gasteiger partial charge in [0.15, 0.2) is 0 Å². The van der Waals surface area contributed by atoms with Crippen LogP contribution in [0.1, 0.15) is 48.0 Å². The molecule has 0 aromatic carbocycles. The minimum atomic E-state index is -1.16. The van der Waals surface area contributed by atoms with Crippen LogP contribution in [0.4, 0.5) is 4.79 Å². The third kappa shape index (κ3) is 3.37. The highest BCUT2D eigenvalue weighted by atomic mass is 16.5. The van der Waals surface area contributed by atoms with Gasteiger partial charge in [-0.05, 0) is 41.5 Å². The van der Waals surface area contributed by atoms with E-state index >= 15 is 0 Å². The number of ether oxygens (including phenoxy) is 1. The second kappa shape index (κ2) is 5.57. The van der Waals surface area contributed by atoms with Crippen molar-refractivity contribution >= 4 is 12.1 Å². The van der Waals surface area contributed by atoms with Crippen molar-refractivity contribution in [3.8, 4) is 0 Å². The molecule has 1 rings (SSSR count). The number of hydrogen-bond acceptors (Lipinski definition) is 5. The maximum absolute atomic E-state index is 11.9. The molecule has 1 saturated heterocycles. The number of likely N-dealkylation sites (tertiary alicyclic amines) is 1. The van der Waals surface area contributed by atoms with E-state index in [1.54, 1.807) is 20.8 Å². The van der Waals surface area contributed by atoms with Gasteiger partial charge in [0.2, 0.25) is 0 Å². The Morgan fingerprint density at radius 1 is 1.24 bits per heavy atom. The minimum Gasteiger partial charge on any atom is -0.498 e. The molecule has 1 unspecified atom stereocenters. The van der Waals surface area contributed by atoms with Gasteiger partial charge < -0.3 is 20.4 Å². The second-order valence-corrected chi connectivity index (χ2v) is 7.99. The van der Waals surface area contributed by atoms with E-state index < -0.39 is 17.0 Å². The lowest BCUT2D eigenvalue weighted by Gasteiger charge is -2.49. The first-order valence-corrected chi connectivity index (χ1v) is 7.34. The Hall–Kier alpha value is -1.14. The molecule has 0 bridgehead atoms. The van der Waals surface area contributed by atoms with Crippen LogP contribution in [0.15, 0.2) is 0 Å². The van der Waals surface area contributed by atoms with Crippen molar-refractivity contribution < 1.29 is 23.9 Å². The second-order valence-electron chi connectivity index (χ2n) is 7.99. The van der Waals surface area contributed by atoms with E-state index in [0.717, 1.165) is 0 Å². The molecule has 1 heterocycles. The van der Waals surface area contributed by atoms with Crippen LogP contribution >= 0.6 is 0 Å². The first-order chi connectivity index (χ1) is 9.32. The summed E-state index contributed by atoms with van der Waals surface area (Å²) in [5.41, 5.74) is 4.79. The number of rotatable bonds is 2. The molecule has 1 amide bonds. The fraction of sp³-hybridized carbons (Fsp3) is 0.867. The molecule has 1 aliphatic heterocycles. The van der Waals surface area contributed by atoms with Gasteiger partial charge in [0.25, 0.3) is 6.09 Å². The van der Waals surface area contributed by atoms with E-state index in [0.29, 0.717) is 13.0 Å². The Labute approximate surface area is 126 Å². The molecule has 0 saturated carbocycles. The molecule has 2 N–H and O–H groups in total. The number of hydrogen-bond donors (Lipinski definition) is 1. The normalized spacial score (nSPS) is 30.2. The molecule has 1 fully saturated rings. The number of esters is 1. The highest BCUT2D eigenvalue weighted by Crippen LogP contribution is 2.36. The summed E-state index contributed by atoms with van der Waals surface area (Å²) < 4.78 is 5.07. The van der Waals surface area contributed by atoms with Gasteiger partial charge in [-0.15, -0.1) is 0 Å². The number of carbonyl (C=O) groups excluding carboxylic acids is 2. The van der Waals surface area contributed by atoms with E-state index in [2.05, 4.69) is 0 Å². The van der Waals surface area contributed by atoms with Gasteiger partial charge in [-0.3, -0.25) is 9.28 Å². The molecule has 21 heavy (non-hydrogen) atoms. The van der Waals surface area contributed by atoms with Crippen molar-refractivity contribution in [1.82, 2.24) is 0 Å². The molecule has 1 aliphatic rings. The van der Waals surface area contributed by atoms with Gasteiger partial charge in [0.1, 0.15) is 19.2 Å². The Morgan fingerprint density at radius 2 is 1.76 bits per heavy atom. The number of nitrogens with two attached hydrogens (primary N) is 1. The van der Waals surface area contributed by atoms with Crippen LogP contribution in [-0.2, 0) is 9.53 Å². The highest BCUT2D eigenvalue weighted by molar-refractivity contribution is 5.75. The minimum absolute atomic E-state index is 0.0506. The van der Waals surface area contributed by atoms with Crippen LogP contribution in [-0.4, -0.2) is 47.3 Å². The van der Waals surface area contributed by atoms with E-state index in [9.17, 15) is 14.7 Å². The van der Waals surface area contributed by atoms with Crippen LogP contribution in [0.3, 0.4) is 0 Å². The van der Waals surface area contributed by atoms with Gasteiger partial charge in [0, 0.05) is 6.42 Å². The summed E-state index contributed by atoms with van der Waals surface area (Å²) in [5, 5.41) is 11.8. The molecule has 0 radical (unpaired) electrons. The summed E-state index contributed by atoms with van der Waals surface area (Å²) in [4.78, 5) is 23.7. The van der Waals surface area contributed by atoms with Crippen LogP contribution < -0.4 is 10.8 Å². The number of carboxylic acid groups (broad SMARTS) is 1. The Bertz CT molecular complexity index is 422. The lowest BCUT2D eigenvalue weighted by Crippen LogP contribution is -2.71. The van der Waals surface area contributed by atoms with Crippen LogP contribution in [0.2, 0.25) is 0 Å². The summed E-state index contributed by atoms with van der Waals surface area (Å²) in [6, 6.07) is -0.614. The lowest BCUT2D eigenvalue weighted by molar-refractivity contribution is -0.930. The molecule has 0 aliphatic carbocycles. The van der Waals surface area contributed by atoms with Gasteiger partial charge in [-0.1, -0.05) is 0 Å². The molecular formula is C15H28N2O4. The smallest absolute Gasteiger partial charge is 0.311 e. The number of quaternary nitrogens is 1. The van der Waals surface area contributed by atoms with E-state index in [4.69, 9.17) is 10.5 Å². The summed E-state index contributed by atoms with van der Waals surface area (Å²) >= 11 is 0. The third-order valence-electron chi connectivity index (χ3n) is 4.26. The van der Waals surface area contributed by atoms with Crippen LogP contribution in [0.5, 0.6) is 0 Å². The maximum atomic E-state index is 11.9. The van der Waals surface area contributed by atoms with E-state index in [-0.39, 0.29) is 29.1 Å². The quantitative estimate of drug-likeness (QED) is 0.596. The Morgan fingerprint density at radius 3 is 2.14 bits per heavy atom. The molecule has 0 aromatic rings. The van der Waals surface area contributed by atoms with Gasteiger partial charge in [-0.2, -0.15) is 0 Å². The van der Waals surface area contributed by atoms with E-state index in [1.165, 1.54) is 0 Å². The third-order valence-corrected chi connectivity index (χ3v) is 4.26. The van der Waals surface area contributed by atoms with Gasteiger partial charge in [-0.25, -0.2) is 0 Å². The van der Waals surface area contributed by atoms with Crippen molar-refractivity contribution in [2.45, 2.75) is 65.6 Å². The molecule has 0 aromatic heterocycles. The van der Waals surface area contributed by atoms with Gasteiger partial charge >= 0.3 is 5.97 Å². The van der Waals surface area contributed by atoms with Crippen LogP contribution in [0, 0.1) is 5.41 Å². The molecule has 6 nitrogen and oxygen atoms in total. The fourth-order valence-electron chi connectivity index (χ4n) is 3.03. The SMILES string of the molecule is CC(C)(C)C(=O)OC[C@H]1C[C@@H](N)C[N+]1(C(=O)[O-])C(C)(C)C. The molecule has 0 spiro atoms. The van der Waals surface area contributed by atoms with Crippen molar-refractivity contribution in [3.63, 3.8) is 0 Å². The summed E-state index contributed by atoms with van der Waals surface area (Å²) in [6.45, 7) is 11.2. The number of carbonyl (C=O) groups is 2. The zero-order valence-corrected chi connectivity index (χ0v) is 13.9. The highest BCUT2D eigenvalue weighted by Gasteiger charge is 2.55. The van der Waals surface area contributed by atoms with Crippen molar-refractivity contribution in [1.29, 1.82) is 0 Å². The van der Waals surface area contributed by atoms with Crippen molar-refractivity contribution in [2.24, 2.45) is 11.1 Å². The van der Waals surface area contributed by atoms with Crippen molar-refractivity contribution in [3.05, 3.63) is 0 Å². The largest absolute Gasteiger partial charge is 0.498 e. The fourth-order valence-corrected chi connectivity index (χ4v) is 3.03. The number of nitrogens with zero attached hydrogens (tertiary/aromatic N) is 1. The zero-order valence-electron chi connectivity index (χ0n) is 13.9. The molecule has 122 valence electrons. The topological polar surface area (TPSA) is 92.5 Å². The molecular weight excluding hydrogens is 272 g/mol. The van der Waals surface area contributed by atoms with E-state index in [1.807, 2.05) is 20.8 Å². The summed E-state index contributed by atoms with van der Waals surface area (Å²) in [5.74, 6) is -0.340. The first kappa shape index (κ1) is 17.9. The number of amides is 1. The van der Waals surface area contributed by atoms with Crippen LogP contribution in [0.25, 0.3) is 0 Å².